The van der Waals surface area contributed by atoms with Crippen LogP contribution in [0.15, 0.2) is 0 Å². The summed E-state index contributed by atoms with van der Waals surface area (Å²) in [5.41, 5.74) is 5.65. The molecule has 1 saturated carbocycles. The second-order valence-corrected chi connectivity index (χ2v) is 3.15. The average Bonchev–Trinajstić information content (AvgIpc) is 2.71. The first kappa shape index (κ1) is 8.02. The topological polar surface area (TPSA) is 35.2 Å². The molecule has 0 aliphatic heterocycles. The minimum absolute atomic E-state index is 0.249. The van der Waals surface area contributed by atoms with Crippen LogP contribution in [-0.4, -0.2) is 19.3 Å². The fourth-order valence-electron chi connectivity index (χ4n) is 0.788. The standard InChI is InChI=1S/C8H17NO/c1-2-8(9)6-10-5-7-3-4-7/h7-8H,2-6,9H2,1H3/t8-/m0/s1. The van der Waals surface area contributed by atoms with Gasteiger partial charge in [0.1, 0.15) is 0 Å². The van der Waals surface area contributed by atoms with Crippen molar-refractivity contribution in [3.63, 3.8) is 0 Å². The zero-order chi connectivity index (χ0) is 7.40. The Morgan fingerprint density at radius 2 is 2.30 bits per heavy atom. The summed E-state index contributed by atoms with van der Waals surface area (Å²) in [6, 6.07) is 0.249. The van der Waals surface area contributed by atoms with E-state index in [4.69, 9.17) is 10.5 Å². The Morgan fingerprint density at radius 3 is 2.80 bits per heavy atom. The zero-order valence-electron chi connectivity index (χ0n) is 6.68. The fourth-order valence-corrected chi connectivity index (χ4v) is 0.788. The first-order chi connectivity index (χ1) is 4.83. The van der Waals surface area contributed by atoms with Gasteiger partial charge in [-0.3, -0.25) is 0 Å². The molecule has 0 aromatic carbocycles. The van der Waals surface area contributed by atoms with Gasteiger partial charge in [-0.05, 0) is 25.2 Å². The highest BCUT2D eigenvalue weighted by Crippen LogP contribution is 2.28. The largest absolute Gasteiger partial charge is 0.380 e. The molecule has 2 heteroatoms. The van der Waals surface area contributed by atoms with Gasteiger partial charge in [-0.2, -0.15) is 0 Å². The van der Waals surface area contributed by atoms with Crippen LogP contribution in [0.25, 0.3) is 0 Å². The lowest BCUT2D eigenvalue weighted by molar-refractivity contribution is 0.111. The predicted octanol–water partition coefficient (Wildman–Crippen LogP) is 1.15. The van der Waals surface area contributed by atoms with Gasteiger partial charge in [-0.15, -0.1) is 0 Å². The van der Waals surface area contributed by atoms with Crippen molar-refractivity contribution in [1.29, 1.82) is 0 Å². The molecule has 1 aliphatic rings. The maximum absolute atomic E-state index is 5.65. The molecule has 0 spiro atoms. The van der Waals surface area contributed by atoms with Gasteiger partial charge in [0.15, 0.2) is 0 Å². The smallest absolute Gasteiger partial charge is 0.0617 e. The molecule has 60 valence electrons. The maximum Gasteiger partial charge on any atom is 0.0617 e. The van der Waals surface area contributed by atoms with Crippen molar-refractivity contribution in [3.05, 3.63) is 0 Å². The van der Waals surface area contributed by atoms with Crippen LogP contribution >= 0.6 is 0 Å². The molecule has 1 fully saturated rings. The van der Waals surface area contributed by atoms with E-state index in [1.165, 1.54) is 12.8 Å². The van der Waals surface area contributed by atoms with Gasteiger partial charge in [-0.25, -0.2) is 0 Å². The molecule has 0 unspecified atom stereocenters. The van der Waals surface area contributed by atoms with Crippen molar-refractivity contribution in [2.45, 2.75) is 32.2 Å². The van der Waals surface area contributed by atoms with Crippen molar-refractivity contribution in [3.8, 4) is 0 Å². The minimum atomic E-state index is 0.249. The average molecular weight is 143 g/mol. The predicted molar refractivity (Wildman–Crippen MR) is 41.8 cm³/mol. The van der Waals surface area contributed by atoms with Gasteiger partial charge in [0.05, 0.1) is 6.61 Å². The molecule has 0 aromatic heterocycles. The first-order valence-corrected chi connectivity index (χ1v) is 4.16. The monoisotopic (exact) mass is 143 g/mol. The van der Waals surface area contributed by atoms with Crippen LogP contribution in [0.2, 0.25) is 0 Å². The normalized spacial score (nSPS) is 21.0. The van der Waals surface area contributed by atoms with Crippen LogP contribution < -0.4 is 5.73 Å². The SMILES string of the molecule is CC[C@H](N)COCC1CC1. The molecule has 0 saturated heterocycles. The highest BCUT2D eigenvalue weighted by atomic mass is 16.5. The molecule has 0 amide bonds. The van der Waals surface area contributed by atoms with E-state index in [9.17, 15) is 0 Å². The lowest BCUT2D eigenvalue weighted by Crippen LogP contribution is -2.25. The lowest BCUT2D eigenvalue weighted by atomic mass is 10.3. The second-order valence-electron chi connectivity index (χ2n) is 3.15. The van der Waals surface area contributed by atoms with Crippen LogP contribution in [0.1, 0.15) is 26.2 Å². The Hall–Kier alpha value is -0.0800. The molecular weight excluding hydrogens is 126 g/mol. The van der Waals surface area contributed by atoms with Crippen LogP contribution in [0.4, 0.5) is 0 Å². The molecule has 1 atom stereocenters. The van der Waals surface area contributed by atoms with E-state index < -0.39 is 0 Å². The van der Waals surface area contributed by atoms with Crippen molar-refractivity contribution in [2.24, 2.45) is 11.7 Å². The summed E-state index contributed by atoms with van der Waals surface area (Å²) in [6.45, 7) is 3.77. The number of hydrogen-bond donors (Lipinski definition) is 1. The van der Waals surface area contributed by atoms with E-state index in [0.29, 0.717) is 0 Å². The third-order valence-electron chi connectivity index (χ3n) is 1.91. The Morgan fingerprint density at radius 1 is 1.60 bits per heavy atom. The molecule has 1 rings (SSSR count). The fraction of sp³-hybridized carbons (Fsp3) is 1.00. The first-order valence-electron chi connectivity index (χ1n) is 4.16. The van der Waals surface area contributed by atoms with Gasteiger partial charge >= 0.3 is 0 Å². The lowest BCUT2D eigenvalue weighted by Gasteiger charge is -2.08. The quantitative estimate of drug-likeness (QED) is 0.626. The summed E-state index contributed by atoms with van der Waals surface area (Å²) < 4.78 is 5.39. The highest BCUT2D eigenvalue weighted by Gasteiger charge is 2.21. The van der Waals surface area contributed by atoms with Crippen LogP contribution in [0.5, 0.6) is 0 Å². The Balaban J connectivity index is 1.83. The van der Waals surface area contributed by atoms with Gasteiger partial charge in [0.25, 0.3) is 0 Å². The van der Waals surface area contributed by atoms with E-state index in [1.807, 2.05) is 0 Å². The molecule has 2 N–H and O–H groups in total. The zero-order valence-corrected chi connectivity index (χ0v) is 6.68. The van der Waals surface area contributed by atoms with Gasteiger partial charge < -0.3 is 10.5 Å². The summed E-state index contributed by atoms with van der Waals surface area (Å²) in [7, 11) is 0. The summed E-state index contributed by atoms with van der Waals surface area (Å²) in [6.07, 6.45) is 3.74. The van der Waals surface area contributed by atoms with Gasteiger partial charge in [-0.1, -0.05) is 6.92 Å². The number of hydrogen-bond acceptors (Lipinski definition) is 2. The third kappa shape index (κ3) is 3.18. The van der Waals surface area contributed by atoms with Crippen molar-refractivity contribution < 1.29 is 4.74 Å². The third-order valence-corrected chi connectivity index (χ3v) is 1.91. The van der Waals surface area contributed by atoms with Crippen LogP contribution in [0.3, 0.4) is 0 Å². The van der Waals surface area contributed by atoms with E-state index >= 15 is 0 Å². The van der Waals surface area contributed by atoms with E-state index in [-0.39, 0.29) is 6.04 Å². The van der Waals surface area contributed by atoms with Crippen molar-refractivity contribution in [1.82, 2.24) is 0 Å². The molecule has 0 aromatic rings. The summed E-state index contributed by atoms with van der Waals surface area (Å²) in [5.74, 6) is 0.865. The Labute approximate surface area is 62.7 Å². The molecule has 2 nitrogen and oxygen atoms in total. The highest BCUT2D eigenvalue weighted by molar-refractivity contribution is 4.72. The van der Waals surface area contributed by atoms with Gasteiger partial charge in [0.2, 0.25) is 0 Å². The molecule has 1 aliphatic carbocycles. The Kier molecular flexibility index (Phi) is 3.16. The van der Waals surface area contributed by atoms with Crippen molar-refractivity contribution >= 4 is 0 Å². The van der Waals surface area contributed by atoms with Gasteiger partial charge in [0, 0.05) is 12.6 Å². The van der Waals surface area contributed by atoms with E-state index in [1.54, 1.807) is 0 Å². The molecule has 10 heavy (non-hydrogen) atoms. The van der Waals surface area contributed by atoms with Crippen molar-refractivity contribution in [2.75, 3.05) is 13.2 Å². The molecule has 0 bridgehead atoms. The van der Waals surface area contributed by atoms with Crippen LogP contribution in [0, 0.1) is 5.92 Å². The van der Waals surface area contributed by atoms with E-state index in [2.05, 4.69) is 6.92 Å². The number of nitrogens with two attached hydrogens (primary N) is 1. The summed E-state index contributed by atoms with van der Waals surface area (Å²) in [5, 5.41) is 0. The molecule has 0 radical (unpaired) electrons. The maximum atomic E-state index is 5.65. The molecular formula is C8H17NO. The second kappa shape index (κ2) is 3.94. The Bertz CT molecular complexity index is 91.3. The van der Waals surface area contributed by atoms with Crippen LogP contribution in [-0.2, 0) is 4.74 Å². The number of ether oxygens (including phenoxy) is 1. The summed E-state index contributed by atoms with van der Waals surface area (Å²) >= 11 is 0. The summed E-state index contributed by atoms with van der Waals surface area (Å²) in [4.78, 5) is 0. The molecule has 0 heterocycles. The number of rotatable bonds is 5. The minimum Gasteiger partial charge on any atom is -0.380 e. The van der Waals surface area contributed by atoms with E-state index in [0.717, 1.165) is 25.6 Å².